The van der Waals surface area contributed by atoms with E-state index in [-0.39, 0.29) is 29.2 Å². The lowest BCUT2D eigenvalue weighted by molar-refractivity contribution is -0.113. The van der Waals surface area contributed by atoms with E-state index in [4.69, 9.17) is 37.4 Å². The lowest BCUT2D eigenvalue weighted by Gasteiger charge is -2.12. The Balaban J connectivity index is 1.69. The van der Waals surface area contributed by atoms with E-state index in [9.17, 15) is 14.4 Å². The normalized spacial score (nSPS) is 10.6. The lowest BCUT2D eigenvalue weighted by Crippen LogP contribution is -2.18. The third-order valence-electron chi connectivity index (χ3n) is 4.81. The highest BCUT2D eigenvalue weighted by molar-refractivity contribution is 7.99. The number of hydrogen-bond acceptors (Lipinski definition) is 9. The fraction of sp³-hybridized carbons (Fsp3) is 0.261. The second-order valence-corrected chi connectivity index (χ2v) is 8.87. The average molecular weight is 553 g/mol. The second kappa shape index (κ2) is 12.6. The van der Waals surface area contributed by atoms with Crippen LogP contribution >= 0.6 is 35.0 Å². The first-order valence-corrected chi connectivity index (χ1v) is 12.2. The number of ether oxygens (including phenoxy) is 3. The number of carbonyl (C=O) groups excluding carboxylic acids is 3. The van der Waals surface area contributed by atoms with Gasteiger partial charge in [0, 0.05) is 17.6 Å². The quantitative estimate of drug-likeness (QED) is 0.286. The summed E-state index contributed by atoms with van der Waals surface area (Å²) in [6.45, 7) is 2.54. The number of carbonyl (C=O) groups is 3. The van der Waals surface area contributed by atoms with Gasteiger partial charge in [0.15, 0.2) is 11.0 Å². The van der Waals surface area contributed by atoms with Crippen molar-refractivity contribution in [1.29, 1.82) is 0 Å². The van der Waals surface area contributed by atoms with Crippen LogP contribution in [0, 0.1) is 0 Å². The fourth-order valence-corrected chi connectivity index (χ4v) is 4.23. The minimum Gasteiger partial charge on any atom is -0.484 e. The fourth-order valence-electron chi connectivity index (χ4n) is 3.08. The van der Waals surface area contributed by atoms with Gasteiger partial charge in [-0.25, -0.2) is 9.59 Å². The predicted octanol–water partition coefficient (Wildman–Crippen LogP) is 4.49. The summed E-state index contributed by atoms with van der Waals surface area (Å²) < 4.78 is 17.0. The molecule has 3 aromatic rings. The summed E-state index contributed by atoms with van der Waals surface area (Å²) in [5.41, 5.74) is 0.391. The van der Waals surface area contributed by atoms with Gasteiger partial charge in [0.05, 0.1) is 41.8 Å². The molecule has 0 bridgehead atoms. The van der Waals surface area contributed by atoms with Gasteiger partial charge in [0.25, 0.3) is 0 Å². The van der Waals surface area contributed by atoms with Crippen LogP contribution in [0.3, 0.4) is 0 Å². The Hall–Kier alpha value is -3.28. The van der Waals surface area contributed by atoms with E-state index in [2.05, 4.69) is 15.5 Å². The number of nitrogens with zero attached hydrogens (tertiary/aromatic N) is 3. The molecule has 3 rings (SSSR count). The molecular formula is C23H22Cl2N4O6S. The SMILES string of the molecule is CCn1c(COc2cc(Cl)ccc2Cl)nnc1SCC(=O)Nc1cc(C(=O)OC)ccc1C(=O)OC. The molecule has 0 radical (unpaired) electrons. The molecule has 0 atom stereocenters. The Kier molecular flexibility index (Phi) is 9.57. The number of benzene rings is 2. The molecule has 0 spiro atoms. The summed E-state index contributed by atoms with van der Waals surface area (Å²) in [5, 5.41) is 12.3. The summed E-state index contributed by atoms with van der Waals surface area (Å²) in [6.07, 6.45) is 0. The maximum Gasteiger partial charge on any atom is 0.339 e. The molecule has 10 nitrogen and oxygen atoms in total. The summed E-state index contributed by atoms with van der Waals surface area (Å²) >= 11 is 13.3. The number of halogens is 2. The van der Waals surface area contributed by atoms with Gasteiger partial charge in [0.1, 0.15) is 12.4 Å². The predicted molar refractivity (Wildman–Crippen MR) is 135 cm³/mol. The number of esters is 2. The molecule has 0 saturated carbocycles. The molecule has 0 unspecified atom stereocenters. The second-order valence-electron chi connectivity index (χ2n) is 7.09. The number of hydrogen-bond donors (Lipinski definition) is 1. The third-order valence-corrected chi connectivity index (χ3v) is 6.33. The minimum absolute atomic E-state index is 0.0395. The van der Waals surface area contributed by atoms with Crippen molar-refractivity contribution in [1.82, 2.24) is 14.8 Å². The van der Waals surface area contributed by atoms with Crippen LogP contribution in [0.2, 0.25) is 10.0 Å². The number of aromatic nitrogens is 3. The monoisotopic (exact) mass is 552 g/mol. The number of thioether (sulfide) groups is 1. The molecule has 1 aromatic heterocycles. The van der Waals surface area contributed by atoms with E-state index in [1.165, 1.54) is 32.4 Å². The Morgan fingerprint density at radius 2 is 1.78 bits per heavy atom. The van der Waals surface area contributed by atoms with Gasteiger partial charge >= 0.3 is 11.9 Å². The number of anilines is 1. The minimum atomic E-state index is -0.662. The van der Waals surface area contributed by atoms with Crippen molar-refractivity contribution in [3.05, 3.63) is 63.4 Å². The number of nitrogens with one attached hydrogen (secondary N) is 1. The molecule has 0 aliphatic rings. The molecule has 0 saturated heterocycles. The Morgan fingerprint density at radius 3 is 2.47 bits per heavy atom. The topological polar surface area (TPSA) is 122 Å². The van der Waals surface area contributed by atoms with Crippen molar-refractivity contribution in [3.63, 3.8) is 0 Å². The summed E-state index contributed by atoms with van der Waals surface area (Å²) in [5.74, 6) is -0.788. The maximum atomic E-state index is 12.7. The molecule has 13 heteroatoms. The standard InChI is InChI=1S/C23H22Cl2N4O6S/c1-4-29-19(11-35-18-10-14(24)6-8-16(18)25)27-28-23(29)36-12-20(30)26-17-9-13(21(31)33-2)5-7-15(17)22(32)34-3/h5-10H,4,11-12H2,1-3H3,(H,26,30). The smallest absolute Gasteiger partial charge is 0.339 e. The van der Waals surface area contributed by atoms with Crippen LogP contribution in [-0.2, 0) is 27.4 Å². The highest BCUT2D eigenvalue weighted by atomic mass is 35.5. The Labute approximate surface area is 221 Å². The van der Waals surface area contributed by atoms with Crippen LogP contribution in [0.1, 0.15) is 33.5 Å². The Bertz CT molecular complexity index is 1280. The van der Waals surface area contributed by atoms with Crippen LogP contribution in [0.15, 0.2) is 41.6 Å². The first kappa shape index (κ1) is 27.3. The zero-order chi connectivity index (χ0) is 26.2. The first-order chi connectivity index (χ1) is 17.3. The van der Waals surface area contributed by atoms with E-state index < -0.39 is 17.8 Å². The van der Waals surface area contributed by atoms with Crippen molar-refractivity contribution < 1.29 is 28.6 Å². The lowest BCUT2D eigenvalue weighted by atomic mass is 10.1. The van der Waals surface area contributed by atoms with Gasteiger partial charge in [-0.2, -0.15) is 0 Å². The van der Waals surface area contributed by atoms with Gasteiger partial charge < -0.3 is 24.1 Å². The first-order valence-electron chi connectivity index (χ1n) is 10.5. The van der Waals surface area contributed by atoms with Crippen LogP contribution in [0.5, 0.6) is 5.75 Å². The van der Waals surface area contributed by atoms with Crippen LogP contribution in [0.4, 0.5) is 5.69 Å². The molecule has 1 amide bonds. The van der Waals surface area contributed by atoms with Crippen molar-refractivity contribution in [2.45, 2.75) is 25.2 Å². The van der Waals surface area contributed by atoms with E-state index in [0.717, 1.165) is 11.8 Å². The maximum absolute atomic E-state index is 12.7. The summed E-state index contributed by atoms with van der Waals surface area (Å²) in [6, 6.07) is 9.04. The van der Waals surface area contributed by atoms with E-state index in [1.54, 1.807) is 22.8 Å². The number of methoxy groups -OCH3 is 2. The number of amides is 1. The highest BCUT2D eigenvalue weighted by Crippen LogP contribution is 2.29. The van der Waals surface area contributed by atoms with Crippen molar-refractivity contribution in [2.24, 2.45) is 0 Å². The largest absolute Gasteiger partial charge is 0.484 e. The van der Waals surface area contributed by atoms with E-state index in [1.807, 2.05) is 6.92 Å². The third kappa shape index (κ3) is 6.68. The molecule has 190 valence electrons. The number of rotatable bonds is 10. The zero-order valence-corrected chi connectivity index (χ0v) is 21.9. The molecule has 1 heterocycles. The molecular weight excluding hydrogens is 531 g/mol. The van der Waals surface area contributed by atoms with Crippen LogP contribution in [-0.4, -0.2) is 52.6 Å². The molecule has 0 aliphatic carbocycles. The van der Waals surface area contributed by atoms with Crippen molar-refractivity contribution in [3.8, 4) is 5.75 Å². The summed E-state index contributed by atoms with van der Waals surface area (Å²) in [7, 11) is 2.45. The molecule has 0 aliphatic heterocycles. The van der Waals surface area contributed by atoms with Gasteiger partial charge in [-0.15, -0.1) is 10.2 Å². The van der Waals surface area contributed by atoms with Crippen molar-refractivity contribution in [2.75, 3.05) is 25.3 Å². The molecule has 0 fully saturated rings. The van der Waals surface area contributed by atoms with Gasteiger partial charge in [0.2, 0.25) is 5.91 Å². The van der Waals surface area contributed by atoms with E-state index in [0.29, 0.717) is 33.3 Å². The van der Waals surface area contributed by atoms with Crippen molar-refractivity contribution >= 4 is 58.5 Å². The Morgan fingerprint density at radius 1 is 1.03 bits per heavy atom. The van der Waals surface area contributed by atoms with E-state index >= 15 is 0 Å². The highest BCUT2D eigenvalue weighted by Gasteiger charge is 2.19. The van der Waals surface area contributed by atoms with Gasteiger partial charge in [-0.1, -0.05) is 35.0 Å². The average Bonchev–Trinajstić information content (AvgIpc) is 3.28. The van der Waals surface area contributed by atoms with Gasteiger partial charge in [-0.05, 0) is 37.3 Å². The molecule has 36 heavy (non-hydrogen) atoms. The molecule has 1 N–H and O–H groups in total. The van der Waals surface area contributed by atoms with Crippen LogP contribution < -0.4 is 10.1 Å². The van der Waals surface area contributed by atoms with Gasteiger partial charge in [-0.3, -0.25) is 4.79 Å². The van der Waals surface area contributed by atoms with Crippen LogP contribution in [0.25, 0.3) is 0 Å². The molecule has 2 aromatic carbocycles. The zero-order valence-electron chi connectivity index (χ0n) is 19.5. The summed E-state index contributed by atoms with van der Waals surface area (Å²) in [4.78, 5) is 36.6.